The lowest BCUT2D eigenvalue weighted by molar-refractivity contribution is 0.0989. The van der Waals surface area contributed by atoms with E-state index in [9.17, 15) is 0 Å². The first kappa shape index (κ1) is 11.0. The highest BCUT2D eigenvalue weighted by atomic mass is 16.5. The first-order valence-electron chi connectivity index (χ1n) is 3.83. The summed E-state index contributed by atoms with van der Waals surface area (Å²) in [6, 6.07) is 0. The molecule has 0 atom stereocenters. The van der Waals surface area contributed by atoms with Crippen LogP contribution in [0.25, 0.3) is 0 Å². The lowest BCUT2D eigenvalue weighted by Gasteiger charge is -2.34. The van der Waals surface area contributed by atoms with E-state index in [0.717, 1.165) is 0 Å². The van der Waals surface area contributed by atoms with Crippen LogP contribution < -0.4 is 5.73 Å². The number of rotatable bonds is 4. The Morgan fingerprint density at radius 2 is 2.08 bits per heavy atom. The van der Waals surface area contributed by atoms with Crippen LogP contribution in [0, 0.1) is 0 Å². The molecule has 0 saturated carbocycles. The molecule has 0 spiro atoms. The Labute approximate surface area is 74.5 Å². The van der Waals surface area contributed by atoms with Gasteiger partial charge in [-0.05, 0) is 19.9 Å². The van der Waals surface area contributed by atoms with Crippen molar-refractivity contribution in [3.63, 3.8) is 0 Å². The second kappa shape index (κ2) is 4.16. The quantitative estimate of drug-likeness (QED) is 0.392. The maximum Gasteiger partial charge on any atom is 0.190 e. The molecule has 0 aromatic carbocycles. The van der Waals surface area contributed by atoms with Gasteiger partial charge in [0.1, 0.15) is 0 Å². The van der Waals surface area contributed by atoms with Crippen molar-refractivity contribution in [2.24, 2.45) is 5.73 Å². The molecule has 0 aliphatic heterocycles. The predicted molar refractivity (Wildman–Crippen MR) is 51.3 cm³/mol. The molecule has 0 unspecified atom stereocenters. The van der Waals surface area contributed by atoms with Gasteiger partial charge < -0.3 is 15.4 Å². The molecular weight excluding hydrogens is 152 g/mol. The summed E-state index contributed by atoms with van der Waals surface area (Å²) in [4.78, 5) is 1.84. The van der Waals surface area contributed by atoms with Crippen molar-refractivity contribution in [3.05, 3.63) is 24.6 Å². The molecule has 0 fully saturated rings. The Morgan fingerprint density at radius 3 is 2.33 bits per heavy atom. The van der Waals surface area contributed by atoms with Gasteiger partial charge in [0.05, 0.1) is 12.8 Å². The average molecular weight is 170 g/mol. The molecule has 2 N–H and O–H groups in total. The van der Waals surface area contributed by atoms with Gasteiger partial charge in [0.2, 0.25) is 0 Å². The maximum atomic E-state index is 5.86. The fraction of sp³-hybridized carbons (Fsp3) is 0.556. The Hall–Kier alpha value is -0.960. The standard InChI is InChI=1S/C9H18N2O/c1-6-7-8(12-5)11(4)9(2,3)10/h6-7H,1,10H2,2-5H3/b8-7+. The van der Waals surface area contributed by atoms with Gasteiger partial charge in [0, 0.05) is 7.05 Å². The number of hydrogen-bond acceptors (Lipinski definition) is 3. The summed E-state index contributed by atoms with van der Waals surface area (Å²) in [6.45, 7) is 7.40. The van der Waals surface area contributed by atoms with E-state index in [-0.39, 0.29) is 0 Å². The third-order valence-electron chi connectivity index (χ3n) is 1.66. The Morgan fingerprint density at radius 1 is 1.58 bits per heavy atom. The third-order valence-corrected chi connectivity index (χ3v) is 1.66. The van der Waals surface area contributed by atoms with E-state index in [0.29, 0.717) is 5.88 Å². The molecule has 0 aromatic rings. The molecule has 0 saturated heterocycles. The molecule has 0 aromatic heterocycles. The molecule has 3 nitrogen and oxygen atoms in total. The van der Waals surface area contributed by atoms with Gasteiger partial charge >= 0.3 is 0 Å². The second-order valence-corrected chi connectivity index (χ2v) is 3.16. The zero-order valence-electron chi connectivity index (χ0n) is 8.29. The third kappa shape index (κ3) is 2.96. The van der Waals surface area contributed by atoms with E-state index in [4.69, 9.17) is 10.5 Å². The smallest absolute Gasteiger partial charge is 0.190 e. The second-order valence-electron chi connectivity index (χ2n) is 3.16. The van der Waals surface area contributed by atoms with E-state index < -0.39 is 5.66 Å². The number of ether oxygens (including phenoxy) is 1. The number of methoxy groups -OCH3 is 1. The number of nitrogens with two attached hydrogens (primary N) is 1. The molecule has 0 aliphatic carbocycles. The number of allylic oxidation sites excluding steroid dienone is 2. The minimum atomic E-state index is -0.426. The van der Waals surface area contributed by atoms with Gasteiger partial charge in [-0.25, -0.2) is 0 Å². The van der Waals surface area contributed by atoms with Gasteiger partial charge in [-0.1, -0.05) is 12.7 Å². The van der Waals surface area contributed by atoms with Crippen LogP contribution in [-0.2, 0) is 4.74 Å². The SMILES string of the molecule is C=C/C=C(/OC)N(C)C(C)(C)N. The Bertz CT molecular complexity index is 179. The van der Waals surface area contributed by atoms with Gasteiger partial charge in [-0.2, -0.15) is 0 Å². The maximum absolute atomic E-state index is 5.86. The monoisotopic (exact) mass is 170 g/mol. The van der Waals surface area contributed by atoms with Gasteiger partial charge in [-0.15, -0.1) is 0 Å². The first-order valence-corrected chi connectivity index (χ1v) is 3.83. The highest BCUT2D eigenvalue weighted by Gasteiger charge is 2.19. The lowest BCUT2D eigenvalue weighted by Crippen LogP contribution is -2.48. The molecule has 0 amide bonds. The van der Waals surface area contributed by atoms with Crippen molar-refractivity contribution in [2.75, 3.05) is 14.2 Å². The van der Waals surface area contributed by atoms with E-state index in [1.807, 2.05) is 25.8 Å². The predicted octanol–water partition coefficient (Wildman–Crippen LogP) is 1.29. The van der Waals surface area contributed by atoms with E-state index in [1.165, 1.54) is 0 Å². The van der Waals surface area contributed by atoms with Crippen LogP contribution in [0.4, 0.5) is 0 Å². The summed E-state index contributed by atoms with van der Waals surface area (Å²) < 4.78 is 5.11. The van der Waals surface area contributed by atoms with Gasteiger partial charge in [-0.3, -0.25) is 0 Å². The van der Waals surface area contributed by atoms with Gasteiger partial charge in [0.25, 0.3) is 0 Å². The van der Waals surface area contributed by atoms with Crippen LogP contribution in [0.15, 0.2) is 24.6 Å². The summed E-state index contributed by atoms with van der Waals surface area (Å²) in [5, 5.41) is 0. The van der Waals surface area contributed by atoms with E-state index in [2.05, 4.69) is 6.58 Å². The highest BCUT2D eigenvalue weighted by Crippen LogP contribution is 2.12. The van der Waals surface area contributed by atoms with Crippen molar-refractivity contribution < 1.29 is 4.74 Å². The lowest BCUT2D eigenvalue weighted by atomic mass is 10.2. The van der Waals surface area contributed by atoms with Crippen LogP contribution in [0.3, 0.4) is 0 Å². The van der Waals surface area contributed by atoms with Crippen LogP contribution in [0.1, 0.15) is 13.8 Å². The van der Waals surface area contributed by atoms with Crippen molar-refractivity contribution in [1.29, 1.82) is 0 Å². The largest absolute Gasteiger partial charge is 0.482 e. The normalized spacial score (nSPS) is 12.6. The topological polar surface area (TPSA) is 38.5 Å². The fourth-order valence-electron chi connectivity index (χ4n) is 0.702. The molecule has 0 bridgehead atoms. The van der Waals surface area contributed by atoms with Crippen molar-refractivity contribution in [2.45, 2.75) is 19.5 Å². The number of nitrogens with zero attached hydrogens (tertiary/aromatic N) is 1. The number of hydrogen-bond donors (Lipinski definition) is 1. The van der Waals surface area contributed by atoms with Gasteiger partial charge in [0.15, 0.2) is 5.88 Å². The van der Waals surface area contributed by atoms with Crippen molar-refractivity contribution in [3.8, 4) is 0 Å². The molecule has 0 radical (unpaired) electrons. The molecule has 3 heteroatoms. The minimum absolute atomic E-state index is 0.426. The molecule has 0 rings (SSSR count). The van der Waals surface area contributed by atoms with Crippen molar-refractivity contribution in [1.82, 2.24) is 4.90 Å². The van der Waals surface area contributed by atoms with Crippen LogP contribution in [-0.4, -0.2) is 24.7 Å². The summed E-state index contributed by atoms with van der Waals surface area (Å²) >= 11 is 0. The van der Waals surface area contributed by atoms with Crippen molar-refractivity contribution >= 4 is 0 Å². The van der Waals surface area contributed by atoms with E-state index >= 15 is 0 Å². The highest BCUT2D eigenvalue weighted by molar-refractivity contribution is 5.05. The molecule has 12 heavy (non-hydrogen) atoms. The zero-order valence-corrected chi connectivity index (χ0v) is 8.29. The summed E-state index contributed by atoms with van der Waals surface area (Å²) in [5.41, 5.74) is 5.43. The molecule has 0 aliphatic rings. The first-order chi connectivity index (χ1) is 5.43. The van der Waals surface area contributed by atoms with Crippen LogP contribution >= 0.6 is 0 Å². The Kier molecular flexibility index (Phi) is 3.83. The fourth-order valence-corrected chi connectivity index (χ4v) is 0.702. The average Bonchev–Trinajstić information content (AvgIpc) is 1.97. The summed E-state index contributed by atoms with van der Waals surface area (Å²) in [7, 11) is 3.48. The molecular formula is C9H18N2O. The minimum Gasteiger partial charge on any atom is -0.482 e. The summed E-state index contributed by atoms with van der Waals surface area (Å²) in [5.74, 6) is 0.706. The molecule has 0 heterocycles. The van der Waals surface area contributed by atoms with E-state index in [1.54, 1.807) is 19.3 Å². The summed E-state index contributed by atoms with van der Waals surface area (Å²) in [6.07, 6.45) is 3.44. The van der Waals surface area contributed by atoms with Crippen LogP contribution in [0.2, 0.25) is 0 Å². The van der Waals surface area contributed by atoms with Crippen LogP contribution in [0.5, 0.6) is 0 Å². The molecule has 70 valence electrons. The Balaban J connectivity index is 4.53. The zero-order chi connectivity index (χ0) is 9.78.